The summed E-state index contributed by atoms with van der Waals surface area (Å²) in [6.07, 6.45) is 6.90. The number of hydrogen-bond acceptors (Lipinski definition) is 4. The number of piperidine rings is 1. The smallest absolute Gasteiger partial charge is 0.191 e. The molecule has 0 radical (unpaired) electrons. The van der Waals surface area contributed by atoms with E-state index in [4.69, 9.17) is 4.99 Å². The molecule has 0 aliphatic carbocycles. The molecule has 0 bridgehead atoms. The maximum atomic E-state index is 4.83. The van der Waals surface area contributed by atoms with Crippen LogP contribution in [0.3, 0.4) is 0 Å². The second kappa shape index (κ2) is 11.3. The lowest BCUT2D eigenvalue weighted by Gasteiger charge is -2.40. The molecule has 0 spiro atoms. The van der Waals surface area contributed by atoms with Crippen LogP contribution in [0.2, 0.25) is 0 Å². The van der Waals surface area contributed by atoms with Gasteiger partial charge in [-0.1, -0.05) is 6.42 Å². The van der Waals surface area contributed by atoms with Crippen molar-refractivity contribution in [2.75, 3.05) is 32.7 Å². The van der Waals surface area contributed by atoms with Crippen LogP contribution in [0.4, 0.5) is 0 Å². The Balaban J connectivity index is 0.00000312. The number of nitrogens with zero attached hydrogens (tertiary/aromatic N) is 3. The largest absolute Gasteiger partial charge is 0.357 e. The molecular weight excluding hydrogens is 445 g/mol. The van der Waals surface area contributed by atoms with Crippen molar-refractivity contribution in [3.8, 4) is 0 Å². The van der Waals surface area contributed by atoms with Crippen molar-refractivity contribution >= 4 is 41.3 Å². The fraction of sp³-hybridized carbons (Fsp3) is 0.778. The molecule has 5 nitrogen and oxygen atoms in total. The number of hydrogen-bond donors (Lipinski definition) is 2. The number of halogens is 1. The van der Waals surface area contributed by atoms with Crippen LogP contribution in [0.5, 0.6) is 0 Å². The van der Waals surface area contributed by atoms with E-state index in [1.54, 1.807) is 11.3 Å². The molecular formula is C18H34IN5S. The summed E-state index contributed by atoms with van der Waals surface area (Å²) in [4.78, 5) is 13.1. The molecule has 0 atom stereocenters. The molecule has 2 heterocycles. The van der Waals surface area contributed by atoms with Crippen LogP contribution in [0.15, 0.2) is 11.2 Å². The van der Waals surface area contributed by atoms with Crippen LogP contribution in [0.1, 0.15) is 49.9 Å². The standard InChI is InChI=1S/C18H33N5S.HI/c1-5-19-17(20-10-9-16-21-13-15(2)24-16)22-14-18(3,4)23-11-7-6-8-12-23;/h13H,5-12,14H2,1-4H3,(H2,19,20,22);1H. The average molecular weight is 479 g/mol. The van der Waals surface area contributed by atoms with Gasteiger partial charge in [0.1, 0.15) is 0 Å². The zero-order chi connectivity index (χ0) is 17.4. The van der Waals surface area contributed by atoms with Gasteiger partial charge in [-0.3, -0.25) is 9.89 Å². The zero-order valence-corrected chi connectivity index (χ0v) is 19.2. The van der Waals surface area contributed by atoms with Gasteiger partial charge < -0.3 is 10.6 Å². The second-order valence-electron chi connectivity index (χ2n) is 7.10. The highest BCUT2D eigenvalue weighted by Crippen LogP contribution is 2.20. The van der Waals surface area contributed by atoms with E-state index in [0.717, 1.165) is 32.0 Å². The van der Waals surface area contributed by atoms with Crippen molar-refractivity contribution in [2.24, 2.45) is 4.99 Å². The number of aliphatic imine (C=N–C) groups is 1. The first-order valence-corrected chi connectivity index (χ1v) is 10.0. The van der Waals surface area contributed by atoms with Gasteiger partial charge in [0.05, 0.1) is 11.6 Å². The molecule has 1 aliphatic rings. The molecule has 0 aromatic carbocycles. The van der Waals surface area contributed by atoms with Crippen LogP contribution >= 0.6 is 35.3 Å². The molecule has 1 aliphatic heterocycles. The summed E-state index contributed by atoms with van der Waals surface area (Å²) in [5.41, 5.74) is 0.120. The molecule has 25 heavy (non-hydrogen) atoms. The summed E-state index contributed by atoms with van der Waals surface area (Å²) in [5, 5.41) is 7.98. The SMILES string of the molecule is CCNC(=NCC(C)(C)N1CCCCC1)NCCc1ncc(C)s1.I. The summed E-state index contributed by atoms with van der Waals surface area (Å²) in [6, 6.07) is 0. The van der Waals surface area contributed by atoms with Gasteiger partial charge in [-0.2, -0.15) is 0 Å². The maximum absolute atomic E-state index is 4.83. The van der Waals surface area contributed by atoms with Gasteiger partial charge in [0.25, 0.3) is 0 Å². The highest BCUT2D eigenvalue weighted by atomic mass is 127. The normalized spacial score (nSPS) is 16.4. The summed E-state index contributed by atoms with van der Waals surface area (Å²) < 4.78 is 0. The van der Waals surface area contributed by atoms with Gasteiger partial charge in [0.2, 0.25) is 0 Å². The Bertz CT molecular complexity index is 523. The second-order valence-corrected chi connectivity index (χ2v) is 8.42. The first kappa shape index (κ1) is 22.6. The average Bonchev–Trinajstić information content (AvgIpc) is 2.99. The monoisotopic (exact) mass is 479 g/mol. The number of likely N-dealkylation sites (tertiary alicyclic amines) is 1. The third-order valence-electron chi connectivity index (χ3n) is 4.48. The fourth-order valence-corrected chi connectivity index (χ4v) is 3.80. The van der Waals surface area contributed by atoms with Gasteiger partial charge in [0.15, 0.2) is 5.96 Å². The molecule has 2 N–H and O–H groups in total. The van der Waals surface area contributed by atoms with Crippen LogP contribution in [-0.4, -0.2) is 54.1 Å². The molecule has 2 rings (SSSR count). The van der Waals surface area contributed by atoms with Crippen molar-refractivity contribution in [1.82, 2.24) is 20.5 Å². The van der Waals surface area contributed by atoms with E-state index in [0.29, 0.717) is 0 Å². The van der Waals surface area contributed by atoms with E-state index >= 15 is 0 Å². The van der Waals surface area contributed by atoms with Crippen molar-refractivity contribution in [1.29, 1.82) is 0 Å². The van der Waals surface area contributed by atoms with Crippen LogP contribution in [0, 0.1) is 6.92 Å². The minimum atomic E-state index is 0. The van der Waals surface area contributed by atoms with Gasteiger partial charge in [-0.25, -0.2) is 4.98 Å². The van der Waals surface area contributed by atoms with E-state index in [2.05, 4.69) is 48.2 Å². The van der Waals surface area contributed by atoms with E-state index in [1.807, 2.05) is 6.20 Å². The molecule has 144 valence electrons. The third-order valence-corrected chi connectivity index (χ3v) is 5.45. The predicted octanol–water partition coefficient (Wildman–Crippen LogP) is 3.43. The van der Waals surface area contributed by atoms with Crippen LogP contribution in [0.25, 0.3) is 0 Å². The van der Waals surface area contributed by atoms with Gasteiger partial charge in [0, 0.05) is 36.1 Å². The van der Waals surface area contributed by atoms with Gasteiger partial charge in [-0.05, 0) is 53.6 Å². The Morgan fingerprint density at radius 3 is 2.60 bits per heavy atom. The highest BCUT2D eigenvalue weighted by molar-refractivity contribution is 14.0. The number of nitrogens with one attached hydrogen (secondary N) is 2. The summed E-state index contributed by atoms with van der Waals surface area (Å²) >= 11 is 1.77. The zero-order valence-electron chi connectivity index (χ0n) is 16.1. The Labute approximate surface area is 174 Å². The van der Waals surface area contributed by atoms with Crippen molar-refractivity contribution in [2.45, 2.75) is 58.9 Å². The molecule has 0 saturated carbocycles. The topological polar surface area (TPSA) is 52.6 Å². The van der Waals surface area contributed by atoms with Gasteiger partial charge >= 0.3 is 0 Å². The maximum Gasteiger partial charge on any atom is 0.191 e. The van der Waals surface area contributed by atoms with E-state index in [-0.39, 0.29) is 29.5 Å². The van der Waals surface area contributed by atoms with Gasteiger partial charge in [-0.15, -0.1) is 35.3 Å². The molecule has 0 amide bonds. The quantitative estimate of drug-likeness (QED) is 0.358. The van der Waals surface area contributed by atoms with Crippen LogP contribution < -0.4 is 10.6 Å². The van der Waals surface area contributed by atoms with E-state index < -0.39 is 0 Å². The Morgan fingerprint density at radius 2 is 2.00 bits per heavy atom. The van der Waals surface area contributed by atoms with Crippen LogP contribution in [-0.2, 0) is 6.42 Å². The molecule has 1 aromatic rings. The summed E-state index contributed by atoms with van der Waals surface area (Å²) in [5.74, 6) is 0.913. The Morgan fingerprint density at radius 1 is 1.28 bits per heavy atom. The fourth-order valence-electron chi connectivity index (χ4n) is 3.02. The molecule has 7 heteroatoms. The summed E-state index contributed by atoms with van der Waals surface area (Å²) in [6.45, 7) is 13.8. The van der Waals surface area contributed by atoms with E-state index in [1.165, 1.54) is 42.2 Å². The lowest BCUT2D eigenvalue weighted by Crippen LogP contribution is -2.49. The number of thiazole rings is 1. The molecule has 1 saturated heterocycles. The van der Waals surface area contributed by atoms with Crippen molar-refractivity contribution < 1.29 is 0 Å². The molecule has 1 fully saturated rings. The van der Waals surface area contributed by atoms with Crippen molar-refractivity contribution in [3.05, 3.63) is 16.1 Å². The Kier molecular flexibility index (Phi) is 10.3. The van der Waals surface area contributed by atoms with E-state index in [9.17, 15) is 0 Å². The number of guanidine groups is 1. The van der Waals surface area contributed by atoms with Crippen molar-refractivity contribution in [3.63, 3.8) is 0 Å². The number of aryl methyl sites for hydroxylation is 1. The molecule has 0 unspecified atom stereocenters. The lowest BCUT2D eigenvalue weighted by molar-refractivity contribution is 0.102. The number of rotatable bonds is 7. The minimum Gasteiger partial charge on any atom is -0.357 e. The first-order valence-electron chi connectivity index (χ1n) is 9.20. The Hall–Kier alpha value is -0.410. The highest BCUT2D eigenvalue weighted by Gasteiger charge is 2.27. The number of aromatic nitrogens is 1. The first-order chi connectivity index (χ1) is 11.5. The predicted molar refractivity (Wildman–Crippen MR) is 119 cm³/mol. The molecule has 1 aromatic heterocycles. The summed E-state index contributed by atoms with van der Waals surface area (Å²) in [7, 11) is 0. The third kappa shape index (κ3) is 7.78. The minimum absolute atomic E-state index is 0. The lowest BCUT2D eigenvalue weighted by atomic mass is 9.99.